The number of benzene rings is 2. The molecule has 1 aliphatic heterocycles. The number of anilines is 1. The first-order valence-corrected chi connectivity index (χ1v) is 9.29. The molecule has 2 heterocycles. The van der Waals surface area contributed by atoms with E-state index >= 15 is 0 Å². The van der Waals surface area contributed by atoms with Crippen molar-refractivity contribution in [3.8, 4) is 0 Å². The van der Waals surface area contributed by atoms with Crippen molar-refractivity contribution in [2.24, 2.45) is 0 Å². The molecular weight excluding hydrogens is 338 g/mol. The van der Waals surface area contributed by atoms with Crippen molar-refractivity contribution in [2.75, 3.05) is 31.2 Å². The van der Waals surface area contributed by atoms with Crippen LogP contribution < -0.4 is 10.2 Å². The molecule has 0 aliphatic carbocycles. The number of carbonyl (C=O) groups is 1. The molecule has 2 aromatic carbocycles. The van der Waals surface area contributed by atoms with Gasteiger partial charge in [0.15, 0.2) is 0 Å². The largest absolute Gasteiger partial charge is 0.378 e. The van der Waals surface area contributed by atoms with Gasteiger partial charge < -0.3 is 15.0 Å². The Hall–Kier alpha value is -2.92. The van der Waals surface area contributed by atoms with Crippen LogP contribution in [0.3, 0.4) is 0 Å². The minimum atomic E-state index is -0.114. The van der Waals surface area contributed by atoms with Gasteiger partial charge in [-0.05, 0) is 41.5 Å². The number of morpholine rings is 1. The lowest BCUT2D eigenvalue weighted by molar-refractivity contribution is 0.0939. The van der Waals surface area contributed by atoms with Crippen LogP contribution in [0.1, 0.15) is 28.9 Å². The van der Waals surface area contributed by atoms with Crippen LogP contribution in [0, 0.1) is 0 Å². The van der Waals surface area contributed by atoms with Gasteiger partial charge in [0.1, 0.15) is 5.82 Å². The van der Waals surface area contributed by atoms with E-state index in [9.17, 15) is 4.79 Å². The number of hydrogen-bond acceptors (Lipinski definition) is 4. The Labute approximate surface area is 159 Å². The number of carbonyl (C=O) groups excluding carboxylic acids is 1. The molecule has 0 bridgehead atoms. The third-order valence-corrected chi connectivity index (χ3v) is 4.97. The van der Waals surface area contributed by atoms with Gasteiger partial charge in [0.25, 0.3) is 5.91 Å². The van der Waals surface area contributed by atoms with Gasteiger partial charge in [-0.2, -0.15) is 0 Å². The van der Waals surface area contributed by atoms with Crippen LogP contribution in [0.5, 0.6) is 0 Å². The standard InChI is InChI=1S/C22H23N3O2/c1-16(18-7-6-17-4-2-3-5-19(17)14-18)24-22(26)20-8-9-21(23-15-20)25-10-12-27-13-11-25/h2-9,14-16H,10-13H2,1H3,(H,24,26). The van der Waals surface area contributed by atoms with Crippen molar-refractivity contribution in [1.29, 1.82) is 0 Å². The number of fused-ring (bicyclic) bond motifs is 1. The summed E-state index contributed by atoms with van der Waals surface area (Å²) < 4.78 is 5.36. The molecular formula is C22H23N3O2. The molecule has 138 valence electrons. The molecule has 1 unspecified atom stereocenters. The first-order chi connectivity index (χ1) is 13.2. The summed E-state index contributed by atoms with van der Waals surface area (Å²) in [5, 5.41) is 5.43. The number of ether oxygens (including phenoxy) is 1. The van der Waals surface area contributed by atoms with Gasteiger partial charge in [-0.1, -0.05) is 36.4 Å². The Morgan fingerprint density at radius 3 is 2.59 bits per heavy atom. The predicted molar refractivity (Wildman–Crippen MR) is 107 cm³/mol. The van der Waals surface area contributed by atoms with Crippen LogP contribution in [0.15, 0.2) is 60.8 Å². The second kappa shape index (κ2) is 7.76. The molecule has 1 aliphatic rings. The fraction of sp³-hybridized carbons (Fsp3) is 0.273. The quantitative estimate of drug-likeness (QED) is 0.772. The van der Waals surface area contributed by atoms with Crippen molar-refractivity contribution in [1.82, 2.24) is 10.3 Å². The van der Waals surface area contributed by atoms with Crippen molar-refractivity contribution < 1.29 is 9.53 Å². The molecule has 1 atom stereocenters. The maximum absolute atomic E-state index is 12.6. The van der Waals surface area contributed by atoms with E-state index in [0.29, 0.717) is 18.8 Å². The monoisotopic (exact) mass is 361 g/mol. The highest BCUT2D eigenvalue weighted by atomic mass is 16.5. The van der Waals surface area contributed by atoms with E-state index in [0.717, 1.165) is 24.5 Å². The van der Waals surface area contributed by atoms with E-state index < -0.39 is 0 Å². The number of rotatable bonds is 4. The average molecular weight is 361 g/mol. The summed E-state index contributed by atoms with van der Waals surface area (Å²) in [6.45, 7) is 5.09. The van der Waals surface area contributed by atoms with Crippen LogP contribution in [-0.2, 0) is 4.74 Å². The third kappa shape index (κ3) is 3.93. The van der Waals surface area contributed by atoms with Crippen molar-refractivity contribution in [3.05, 3.63) is 71.9 Å². The van der Waals surface area contributed by atoms with E-state index in [1.165, 1.54) is 10.8 Å². The second-order valence-corrected chi connectivity index (χ2v) is 6.81. The van der Waals surface area contributed by atoms with Crippen molar-refractivity contribution >= 4 is 22.5 Å². The first-order valence-electron chi connectivity index (χ1n) is 9.29. The molecule has 4 rings (SSSR count). The molecule has 1 N–H and O–H groups in total. The van der Waals surface area contributed by atoms with Crippen LogP contribution in [0.2, 0.25) is 0 Å². The molecule has 1 amide bonds. The van der Waals surface area contributed by atoms with E-state index in [1.54, 1.807) is 6.20 Å². The van der Waals surface area contributed by atoms with Crippen molar-refractivity contribution in [3.63, 3.8) is 0 Å². The lowest BCUT2D eigenvalue weighted by Crippen LogP contribution is -2.36. The summed E-state index contributed by atoms with van der Waals surface area (Å²) in [6.07, 6.45) is 1.65. The first kappa shape index (κ1) is 17.5. The zero-order chi connectivity index (χ0) is 18.6. The Morgan fingerprint density at radius 2 is 1.85 bits per heavy atom. The summed E-state index contributed by atoms with van der Waals surface area (Å²) >= 11 is 0. The normalized spacial score (nSPS) is 15.5. The highest BCUT2D eigenvalue weighted by Gasteiger charge is 2.15. The molecule has 5 heteroatoms. The minimum Gasteiger partial charge on any atom is -0.378 e. The Bertz CT molecular complexity index is 934. The smallest absolute Gasteiger partial charge is 0.253 e. The maximum Gasteiger partial charge on any atom is 0.253 e. The van der Waals surface area contributed by atoms with E-state index in [1.807, 2.05) is 31.2 Å². The van der Waals surface area contributed by atoms with Gasteiger partial charge in [-0.25, -0.2) is 4.98 Å². The number of nitrogens with zero attached hydrogens (tertiary/aromatic N) is 2. The fourth-order valence-corrected chi connectivity index (χ4v) is 3.34. The van der Waals surface area contributed by atoms with Crippen LogP contribution in [0.4, 0.5) is 5.82 Å². The van der Waals surface area contributed by atoms with Gasteiger partial charge in [0, 0.05) is 19.3 Å². The Morgan fingerprint density at radius 1 is 1.07 bits per heavy atom. The molecule has 27 heavy (non-hydrogen) atoms. The zero-order valence-electron chi connectivity index (χ0n) is 15.4. The van der Waals surface area contributed by atoms with Gasteiger partial charge in [0.05, 0.1) is 24.8 Å². The second-order valence-electron chi connectivity index (χ2n) is 6.81. The molecule has 3 aromatic rings. The van der Waals surface area contributed by atoms with E-state index in [2.05, 4.69) is 45.5 Å². The maximum atomic E-state index is 12.6. The molecule has 0 radical (unpaired) electrons. The topological polar surface area (TPSA) is 54.5 Å². The fourth-order valence-electron chi connectivity index (χ4n) is 3.34. The molecule has 5 nitrogen and oxygen atoms in total. The third-order valence-electron chi connectivity index (χ3n) is 4.97. The summed E-state index contributed by atoms with van der Waals surface area (Å²) in [5.41, 5.74) is 1.65. The summed E-state index contributed by atoms with van der Waals surface area (Å²) in [4.78, 5) is 19.2. The van der Waals surface area contributed by atoms with Crippen LogP contribution >= 0.6 is 0 Å². The van der Waals surface area contributed by atoms with E-state index in [4.69, 9.17) is 4.74 Å². The number of nitrogens with one attached hydrogen (secondary N) is 1. The molecule has 1 saturated heterocycles. The van der Waals surface area contributed by atoms with Crippen LogP contribution in [-0.4, -0.2) is 37.2 Å². The average Bonchev–Trinajstić information content (AvgIpc) is 2.74. The van der Waals surface area contributed by atoms with E-state index in [-0.39, 0.29) is 11.9 Å². The number of hydrogen-bond donors (Lipinski definition) is 1. The SMILES string of the molecule is CC(NC(=O)c1ccc(N2CCOCC2)nc1)c1ccc2ccccc2c1. The number of aromatic nitrogens is 1. The van der Waals surface area contributed by atoms with Gasteiger partial charge in [0.2, 0.25) is 0 Å². The predicted octanol–water partition coefficient (Wildman–Crippen LogP) is 3.56. The lowest BCUT2D eigenvalue weighted by atomic mass is 10.0. The molecule has 0 spiro atoms. The summed E-state index contributed by atoms with van der Waals surface area (Å²) in [6, 6.07) is 18.2. The van der Waals surface area contributed by atoms with Gasteiger partial charge in [-0.15, -0.1) is 0 Å². The number of pyridine rings is 1. The highest BCUT2D eigenvalue weighted by Crippen LogP contribution is 2.21. The molecule has 0 saturated carbocycles. The summed E-state index contributed by atoms with van der Waals surface area (Å²) in [5.74, 6) is 0.772. The van der Waals surface area contributed by atoms with Gasteiger partial charge >= 0.3 is 0 Å². The highest BCUT2D eigenvalue weighted by molar-refractivity contribution is 5.94. The minimum absolute atomic E-state index is 0.0824. The summed E-state index contributed by atoms with van der Waals surface area (Å²) in [7, 11) is 0. The Kier molecular flexibility index (Phi) is 5.03. The molecule has 1 aromatic heterocycles. The van der Waals surface area contributed by atoms with Crippen molar-refractivity contribution in [2.45, 2.75) is 13.0 Å². The zero-order valence-corrected chi connectivity index (χ0v) is 15.4. The van der Waals surface area contributed by atoms with Crippen LogP contribution in [0.25, 0.3) is 10.8 Å². The van der Waals surface area contributed by atoms with Gasteiger partial charge in [-0.3, -0.25) is 4.79 Å². The Balaban J connectivity index is 1.44. The molecule has 1 fully saturated rings. The lowest BCUT2D eigenvalue weighted by Gasteiger charge is -2.27. The number of amides is 1.